The van der Waals surface area contributed by atoms with Crippen LogP contribution in [0.4, 0.5) is 0 Å². The van der Waals surface area contributed by atoms with Gasteiger partial charge in [-0.2, -0.15) is 0 Å². The first kappa shape index (κ1) is 14.1. The molecule has 104 valence electrons. The smallest absolute Gasteiger partial charge is 0.251 e. The van der Waals surface area contributed by atoms with Crippen LogP contribution in [-0.2, 0) is 0 Å². The van der Waals surface area contributed by atoms with E-state index in [1.165, 1.54) is 5.56 Å². The molecule has 1 amide bonds. The molecule has 0 aliphatic heterocycles. The molecule has 0 aliphatic carbocycles. The van der Waals surface area contributed by atoms with E-state index in [2.05, 4.69) is 31.3 Å². The van der Waals surface area contributed by atoms with Crippen LogP contribution in [0.5, 0.6) is 11.5 Å². The average molecular weight is 269 g/mol. The Morgan fingerprint density at radius 1 is 0.950 bits per heavy atom. The summed E-state index contributed by atoms with van der Waals surface area (Å²) in [6.07, 6.45) is 0. The molecule has 0 aliphatic rings. The molecule has 20 heavy (non-hydrogen) atoms. The first-order valence-electron chi connectivity index (χ1n) is 6.70. The van der Waals surface area contributed by atoms with E-state index in [9.17, 15) is 4.79 Å². The van der Waals surface area contributed by atoms with Crippen LogP contribution in [0.15, 0.2) is 48.5 Å². The van der Waals surface area contributed by atoms with Crippen molar-refractivity contribution in [2.75, 3.05) is 7.05 Å². The van der Waals surface area contributed by atoms with Crippen molar-refractivity contribution in [1.29, 1.82) is 0 Å². The van der Waals surface area contributed by atoms with E-state index in [1.807, 2.05) is 12.1 Å². The highest BCUT2D eigenvalue weighted by molar-refractivity contribution is 5.94. The van der Waals surface area contributed by atoms with Crippen LogP contribution in [-0.4, -0.2) is 13.0 Å². The van der Waals surface area contributed by atoms with Gasteiger partial charge >= 0.3 is 0 Å². The van der Waals surface area contributed by atoms with Crippen molar-refractivity contribution in [3.8, 4) is 11.5 Å². The molecule has 3 heteroatoms. The van der Waals surface area contributed by atoms with Gasteiger partial charge in [-0.05, 0) is 47.9 Å². The lowest BCUT2D eigenvalue weighted by Gasteiger charge is -2.09. The van der Waals surface area contributed by atoms with Gasteiger partial charge in [0, 0.05) is 12.6 Å². The molecule has 2 rings (SSSR count). The summed E-state index contributed by atoms with van der Waals surface area (Å²) in [5.41, 5.74) is 1.90. The standard InChI is InChI=1S/C17H19NO2/c1-12(2)13-4-8-15(9-5-13)20-16-10-6-14(7-11-16)17(19)18-3/h4-12H,1-3H3,(H,18,19). The molecule has 0 bridgehead atoms. The number of carbonyl (C=O) groups excluding carboxylic acids is 1. The van der Waals surface area contributed by atoms with Crippen molar-refractivity contribution in [3.63, 3.8) is 0 Å². The molecule has 2 aromatic rings. The van der Waals surface area contributed by atoms with Crippen molar-refractivity contribution in [3.05, 3.63) is 59.7 Å². The predicted molar refractivity (Wildman–Crippen MR) is 80.4 cm³/mol. The molecule has 0 atom stereocenters. The van der Waals surface area contributed by atoms with Crippen molar-refractivity contribution >= 4 is 5.91 Å². The SMILES string of the molecule is CNC(=O)c1ccc(Oc2ccc(C(C)C)cc2)cc1. The minimum Gasteiger partial charge on any atom is -0.457 e. The minimum absolute atomic E-state index is 0.0992. The summed E-state index contributed by atoms with van der Waals surface area (Å²) in [7, 11) is 1.61. The van der Waals surface area contributed by atoms with Crippen LogP contribution in [0.2, 0.25) is 0 Å². The highest BCUT2D eigenvalue weighted by Crippen LogP contribution is 2.24. The number of ether oxygens (including phenoxy) is 1. The number of benzene rings is 2. The fourth-order valence-corrected chi connectivity index (χ4v) is 1.88. The number of rotatable bonds is 4. The fourth-order valence-electron chi connectivity index (χ4n) is 1.88. The number of nitrogens with one attached hydrogen (secondary N) is 1. The van der Waals surface area contributed by atoms with Crippen molar-refractivity contribution in [2.24, 2.45) is 0 Å². The van der Waals surface area contributed by atoms with Gasteiger partial charge in [0.1, 0.15) is 11.5 Å². The topological polar surface area (TPSA) is 38.3 Å². The zero-order valence-corrected chi connectivity index (χ0v) is 12.0. The number of amides is 1. The maximum Gasteiger partial charge on any atom is 0.251 e. The van der Waals surface area contributed by atoms with Gasteiger partial charge in [-0.25, -0.2) is 0 Å². The normalized spacial score (nSPS) is 10.4. The van der Waals surface area contributed by atoms with Gasteiger partial charge < -0.3 is 10.1 Å². The van der Waals surface area contributed by atoms with Crippen LogP contribution >= 0.6 is 0 Å². The maximum atomic E-state index is 11.4. The van der Waals surface area contributed by atoms with Crippen molar-refractivity contribution in [1.82, 2.24) is 5.32 Å². The Morgan fingerprint density at radius 3 is 1.90 bits per heavy atom. The second-order valence-corrected chi connectivity index (χ2v) is 4.93. The zero-order chi connectivity index (χ0) is 14.5. The number of hydrogen-bond donors (Lipinski definition) is 1. The Labute approximate surface area is 119 Å². The van der Waals surface area contributed by atoms with E-state index in [-0.39, 0.29) is 5.91 Å². The molecule has 0 saturated heterocycles. The Morgan fingerprint density at radius 2 is 1.45 bits per heavy atom. The average Bonchev–Trinajstić information content (AvgIpc) is 2.48. The molecule has 0 unspecified atom stereocenters. The molecule has 2 aromatic carbocycles. The molecule has 1 N–H and O–H groups in total. The molecule has 0 heterocycles. The summed E-state index contributed by atoms with van der Waals surface area (Å²) >= 11 is 0. The van der Waals surface area contributed by atoms with Crippen molar-refractivity contribution < 1.29 is 9.53 Å². The second kappa shape index (κ2) is 6.24. The first-order valence-corrected chi connectivity index (χ1v) is 6.70. The monoisotopic (exact) mass is 269 g/mol. The Bertz CT molecular complexity index is 571. The molecule has 0 radical (unpaired) electrons. The van der Waals surface area contributed by atoms with E-state index in [0.29, 0.717) is 11.5 Å². The Hall–Kier alpha value is -2.29. The molecule has 0 spiro atoms. The molecule has 3 nitrogen and oxygen atoms in total. The van der Waals surface area contributed by atoms with E-state index in [1.54, 1.807) is 31.3 Å². The molecular formula is C17H19NO2. The summed E-state index contributed by atoms with van der Waals surface area (Å²) in [6.45, 7) is 4.32. The largest absolute Gasteiger partial charge is 0.457 e. The van der Waals surface area contributed by atoms with E-state index < -0.39 is 0 Å². The third-order valence-corrected chi connectivity index (χ3v) is 3.13. The van der Waals surface area contributed by atoms with Crippen LogP contribution in [0.25, 0.3) is 0 Å². The van der Waals surface area contributed by atoms with Gasteiger partial charge in [0.05, 0.1) is 0 Å². The third kappa shape index (κ3) is 3.38. The Balaban J connectivity index is 2.08. The maximum absolute atomic E-state index is 11.4. The minimum atomic E-state index is -0.0992. The molecular weight excluding hydrogens is 250 g/mol. The first-order chi connectivity index (χ1) is 9.60. The van der Waals surface area contributed by atoms with Gasteiger partial charge in [0.15, 0.2) is 0 Å². The highest BCUT2D eigenvalue weighted by Gasteiger charge is 2.04. The summed E-state index contributed by atoms with van der Waals surface area (Å²) in [5, 5.41) is 2.59. The lowest BCUT2D eigenvalue weighted by Crippen LogP contribution is -2.17. The Kier molecular flexibility index (Phi) is 4.41. The summed E-state index contributed by atoms with van der Waals surface area (Å²) in [6, 6.07) is 15.1. The van der Waals surface area contributed by atoms with Gasteiger partial charge in [0.2, 0.25) is 0 Å². The second-order valence-electron chi connectivity index (χ2n) is 4.93. The predicted octanol–water partition coefficient (Wildman–Crippen LogP) is 3.96. The summed E-state index contributed by atoms with van der Waals surface area (Å²) in [4.78, 5) is 11.4. The lowest BCUT2D eigenvalue weighted by atomic mass is 10.0. The van der Waals surface area contributed by atoms with Crippen LogP contribution < -0.4 is 10.1 Å². The molecule has 0 fully saturated rings. The molecule has 0 saturated carbocycles. The number of carbonyl (C=O) groups is 1. The van der Waals surface area contributed by atoms with E-state index in [0.717, 1.165) is 11.5 Å². The van der Waals surface area contributed by atoms with Crippen LogP contribution in [0.3, 0.4) is 0 Å². The summed E-state index contributed by atoms with van der Waals surface area (Å²) < 4.78 is 5.75. The third-order valence-electron chi connectivity index (χ3n) is 3.13. The van der Waals surface area contributed by atoms with Gasteiger partial charge in [-0.3, -0.25) is 4.79 Å². The van der Waals surface area contributed by atoms with Gasteiger partial charge in [-0.15, -0.1) is 0 Å². The molecule has 0 aromatic heterocycles. The van der Waals surface area contributed by atoms with E-state index in [4.69, 9.17) is 4.74 Å². The number of hydrogen-bond acceptors (Lipinski definition) is 2. The van der Waals surface area contributed by atoms with Crippen LogP contribution in [0, 0.1) is 0 Å². The lowest BCUT2D eigenvalue weighted by molar-refractivity contribution is 0.0963. The van der Waals surface area contributed by atoms with Gasteiger partial charge in [-0.1, -0.05) is 26.0 Å². The van der Waals surface area contributed by atoms with E-state index >= 15 is 0 Å². The van der Waals surface area contributed by atoms with Gasteiger partial charge in [0.25, 0.3) is 5.91 Å². The zero-order valence-electron chi connectivity index (χ0n) is 12.0. The highest BCUT2D eigenvalue weighted by atomic mass is 16.5. The quantitative estimate of drug-likeness (QED) is 0.912. The van der Waals surface area contributed by atoms with Crippen LogP contribution in [0.1, 0.15) is 35.7 Å². The summed E-state index contributed by atoms with van der Waals surface area (Å²) in [5.74, 6) is 1.92. The van der Waals surface area contributed by atoms with Crippen molar-refractivity contribution in [2.45, 2.75) is 19.8 Å². The fraction of sp³-hybridized carbons (Fsp3) is 0.235.